The first kappa shape index (κ1) is 27.2. The van der Waals surface area contributed by atoms with E-state index in [1.807, 2.05) is 0 Å². The van der Waals surface area contributed by atoms with E-state index < -0.39 is 5.41 Å². The first-order chi connectivity index (χ1) is 25.3. The Morgan fingerprint density at radius 1 is 0.373 bits per heavy atom. The zero-order valence-electron chi connectivity index (χ0n) is 27.6. The van der Waals surface area contributed by atoms with Crippen molar-refractivity contribution in [2.45, 2.75) is 5.41 Å². The van der Waals surface area contributed by atoms with E-state index in [4.69, 9.17) is 4.42 Å². The molecule has 0 atom stereocenters. The highest BCUT2D eigenvalue weighted by atomic mass is 16.3. The molecule has 0 bridgehead atoms. The van der Waals surface area contributed by atoms with Gasteiger partial charge in [-0.3, -0.25) is 0 Å². The molecule has 0 saturated carbocycles. The first-order valence-corrected chi connectivity index (χ1v) is 17.7. The molecule has 2 heterocycles. The van der Waals surface area contributed by atoms with Gasteiger partial charge in [0, 0.05) is 32.8 Å². The van der Waals surface area contributed by atoms with Gasteiger partial charge in [0.15, 0.2) is 0 Å². The van der Waals surface area contributed by atoms with Gasteiger partial charge in [0.05, 0.1) is 16.4 Å². The molecule has 0 aliphatic heterocycles. The average Bonchev–Trinajstić information content (AvgIpc) is 3.90. The van der Waals surface area contributed by atoms with Crippen LogP contribution in [0.3, 0.4) is 0 Å². The maximum Gasteiger partial charge on any atom is 0.143 e. The van der Waals surface area contributed by atoms with E-state index in [2.05, 4.69) is 180 Å². The number of furan rings is 1. The third-order valence-corrected chi connectivity index (χ3v) is 11.6. The molecule has 10 aromatic rings. The van der Waals surface area contributed by atoms with Crippen molar-refractivity contribution >= 4 is 43.7 Å². The third kappa shape index (κ3) is 3.37. The molecular formula is C49H29NO. The van der Waals surface area contributed by atoms with Crippen LogP contribution in [0.25, 0.3) is 82.8 Å². The van der Waals surface area contributed by atoms with Gasteiger partial charge in [0.25, 0.3) is 0 Å². The topological polar surface area (TPSA) is 18.1 Å². The predicted octanol–water partition coefficient (Wildman–Crippen LogP) is 12.7. The van der Waals surface area contributed by atoms with Crippen molar-refractivity contribution in [3.63, 3.8) is 0 Å². The molecule has 0 N–H and O–H groups in total. The Labute approximate surface area is 294 Å². The lowest BCUT2D eigenvalue weighted by molar-refractivity contribution is 0.667. The van der Waals surface area contributed by atoms with E-state index in [0.717, 1.165) is 38.8 Å². The molecular weight excluding hydrogens is 619 g/mol. The van der Waals surface area contributed by atoms with Crippen molar-refractivity contribution in [2.75, 3.05) is 0 Å². The number of hydrogen-bond acceptors (Lipinski definition) is 1. The van der Waals surface area contributed by atoms with Gasteiger partial charge >= 0.3 is 0 Å². The molecule has 2 aliphatic carbocycles. The van der Waals surface area contributed by atoms with Crippen LogP contribution >= 0.6 is 0 Å². The summed E-state index contributed by atoms with van der Waals surface area (Å²) in [4.78, 5) is 0. The van der Waals surface area contributed by atoms with Crippen LogP contribution in [0, 0.1) is 0 Å². The largest absolute Gasteiger partial charge is 0.455 e. The number of rotatable bonds is 2. The Balaban J connectivity index is 1.12. The Morgan fingerprint density at radius 3 is 1.71 bits per heavy atom. The molecule has 0 fully saturated rings. The zero-order chi connectivity index (χ0) is 33.3. The molecule has 12 rings (SSSR count). The summed E-state index contributed by atoms with van der Waals surface area (Å²) in [5.41, 5.74) is 17.8. The maximum absolute atomic E-state index is 7.02. The molecule has 2 aliphatic rings. The summed E-state index contributed by atoms with van der Waals surface area (Å²) in [5.74, 6) is 0. The van der Waals surface area contributed by atoms with Crippen molar-refractivity contribution in [1.29, 1.82) is 0 Å². The van der Waals surface area contributed by atoms with Crippen LogP contribution < -0.4 is 0 Å². The third-order valence-electron chi connectivity index (χ3n) is 11.6. The van der Waals surface area contributed by atoms with Crippen LogP contribution in [-0.2, 0) is 5.41 Å². The van der Waals surface area contributed by atoms with Crippen LogP contribution in [0.4, 0.5) is 0 Å². The minimum Gasteiger partial charge on any atom is -0.455 e. The first-order valence-electron chi connectivity index (χ1n) is 17.7. The Bertz CT molecular complexity index is 3040. The number of benzene rings is 8. The van der Waals surface area contributed by atoms with Gasteiger partial charge in [-0.25, -0.2) is 0 Å². The summed E-state index contributed by atoms with van der Waals surface area (Å²) in [6, 6.07) is 64.5. The number of para-hydroxylation sites is 3. The fourth-order valence-electron chi connectivity index (χ4n) is 9.60. The molecule has 2 nitrogen and oxygen atoms in total. The molecule has 8 aromatic carbocycles. The Kier molecular flexibility index (Phi) is 5.20. The van der Waals surface area contributed by atoms with E-state index in [1.54, 1.807) is 0 Å². The van der Waals surface area contributed by atoms with Crippen molar-refractivity contribution < 1.29 is 4.42 Å². The van der Waals surface area contributed by atoms with E-state index in [-0.39, 0.29) is 0 Å². The van der Waals surface area contributed by atoms with Crippen molar-refractivity contribution in [1.82, 2.24) is 4.57 Å². The van der Waals surface area contributed by atoms with Crippen molar-refractivity contribution in [2.24, 2.45) is 0 Å². The number of nitrogens with zero attached hydrogens (tertiary/aromatic N) is 1. The quantitative estimate of drug-likeness (QED) is 0.183. The molecule has 0 saturated heterocycles. The van der Waals surface area contributed by atoms with E-state index in [9.17, 15) is 0 Å². The van der Waals surface area contributed by atoms with Crippen LogP contribution in [-0.4, -0.2) is 4.57 Å². The van der Waals surface area contributed by atoms with E-state index >= 15 is 0 Å². The van der Waals surface area contributed by atoms with Gasteiger partial charge in [0.1, 0.15) is 11.2 Å². The van der Waals surface area contributed by atoms with Crippen LogP contribution in [0.2, 0.25) is 0 Å². The fourth-order valence-corrected chi connectivity index (χ4v) is 9.60. The number of fused-ring (bicyclic) bond motifs is 16. The van der Waals surface area contributed by atoms with Gasteiger partial charge in [-0.1, -0.05) is 140 Å². The van der Waals surface area contributed by atoms with Gasteiger partial charge in [-0.05, 0) is 86.5 Å². The monoisotopic (exact) mass is 647 g/mol. The minimum atomic E-state index is -0.398. The summed E-state index contributed by atoms with van der Waals surface area (Å²) < 4.78 is 9.40. The molecule has 1 spiro atoms. The van der Waals surface area contributed by atoms with Crippen LogP contribution in [0.5, 0.6) is 0 Å². The maximum atomic E-state index is 7.02. The second-order valence-electron chi connectivity index (χ2n) is 14.0. The molecule has 0 unspecified atom stereocenters. The lowest BCUT2D eigenvalue weighted by atomic mass is 9.70. The smallest absolute Gasteiger partial charge is 0.143 e. The van der Waals surface area contributed by atoms with Gasteiger partial charge in [-0.2, -0.15) is 0 Å². The summed E-state index contributed by atoms with van der Waals surface area (Å²) in [7, 11) is 0. The molecule has 2 heteroatoms. The minimum absolute atomic E-state index is 0.398. The predicted molar refractivity (Wildman–Crippen MR) is 210 cm³/mol. The lowest BCUT2D eigenvalue weighted by Crippen LogP contribution is -2.25. The molecule has 2 aromatic heterocycles. The Morgan fingerprint density at radius 2 is 0.961 bits per heavy atom. The number of aromatic nitrogens is 1. The fraction of sp³-hybridized carbons (Fsp3) is 0.0204. The highest BCUT2D eigenvalue weighted by Gasteiger charge is 2.51. The van der Waals surface area contributed by atoms with Crippen molar-refractivity contribution in [3.05, 3.63) is 198 Å². The summed E-state index contributed by atoms with van der Waals surface area (Å²) in [6.07, 6.45) is 0. The van der Waals surface area contributed by atoms with Crippen LogP contribution in [0.15, 0.2) is 180 Å². The van der Waals surface area contributed by atoms with Gasteiger partial charge < -0.3 is 8.98 Å². The van der Waals surface area contributed by atoms with Crippen molar-refractivity contribution in [3.8, 4) is 39.1 Å². The average molecular weight is 648 g/mol. The number of hydrogen-bond donors (Lipinski definition) is 0. The summed E-state index contributed by atoms with van der Waals surface area (Å²) >= 11 is 0. The molecule has 0 amide bonds. The lowest BCUT2D eigenvalue weighted by Gasteiger charge is -2.30. The van der Waals surface area contributed by atoms with E-state index in [0.29, 0.717) is 0 Å². The van der Waals surface area contributed by atoms with Crippen LogP contribution in [0.1, 0.15) is 22.3 Å². The highest BCUT2D eigenvalue weighted by Crippen LogP contribution is 2.63. The highest BCUT2D eigenvalue weighted by molar-refractivity contribution is 6.14. The summed E-state index contributed by atoms with van der Waals surface area (Å²) in [5, 5.41) is 4.78. The SMILES string of the molecule is c1ccc(-n2c3ccccc3c3ccc(-c4cccc5c4oc4cc6c(cc45)-c4ccccc4C64c5ccccc5-c5ccccc54)cc32)cc1. The molecule has 0 radical (unpaired) electrons. The zero-order valence-corrected chi connectivity index (χ0v) is 27.6. The second-order valence-corrected chi connectivity index (χ2v) is 14.0. The molecule has 236 valence electrons. The van der Waals surface area contributed by atoms with Gasteiger partial charge in [-0.15, -0.1) is 0 Å². The Hall–Kier alpha value is -6.64. The standard InChI is InChI=1S/C49H29NO/c1-2-13-31(14-3-1)50-45-24-11-7-18-36(45)37-26-25-30(27-46(37)50)32-19-12-20-38-40-28-39-35-17-6-10-23-43(35)49(44(39)29-47(40)51-48(32)38)41-21-8-4-15-33(41)34-16-5-9-22-42(34)49/h1-29H. The second kappa shape index (κ2) is 9.74. The van der Waals surface area contributed by atoms with Gasteiger partial charge in [0.2, 0.25) is 0 Å². The summed E-state index contributed by atoms with van der Waals surface area (Å²) in [6.45, 7) is 0. The van der Waals surface area contributed by atoms with E-state index in [1.165, 1.54) is 66.3 Å². The molecule has 51 heavy (non-hydrogen) atoms. The normalized spacial score (nSPS) is 13.6.